The fourth-order valence-corrected chi connectivity index (χ4v) is 9.74. The molecule has 0 aromatic carbocycles. The lowest BCUT2D eigenvalue weighted by Crippen LogP contribution is -2.71. The van der Waals surface area contributed by atoms with E-state index in [2.05, 4.69) is 0 Å². The number of hydrogen-bond acceptors (Lipinski definition) is 11. The number of aldehydes is 1. The summed E-state index contributed by atoms with van der Waals surface area (Å²) < 4.78 is 16.8. The van der Waals surface area contributed by atoms with Crippen molar-refractivity contribution < 1.29 is 54.4 Å². The van der Waals surface area contributed by atoms with E-state index in [0.717, 1.165) is 11.9 Å². The molecule has 0 aromatic heterocycles. The Hall–Kier alpha value is -1.44. The molecule has 2 aliphatic heterocycles. The van der Waals surface area contributed by atoms with Crippen LogP contribution in [0.15, 0.2) is 11.6 Å². The van der Waals surface area contributed by atoms with Crippen LogP contribution in [0.25, 0.3) is 0 Å². The van der Waals surface area contributed by atoms with Gasteiger partial charge in [0.2, 0.25) is 0 Å². The number of ether oxygens (including phenoxy) is 3. The van der Waals surface area contributed by atoms with Gasteiger partial charge in [0, 0.05) is 17.9 Å². The summed E-state index contributed by atoms with van der Waals surface area (Å²) in [6, 6.07) is 0. The first-order valence-corrected chi connectivity index (χ1v) is 14.6. The predicted molar refractivity (Wildman–Crippen MR) is 136 cm³/mol. The molecule has 5 fully saturated rings. The van der Waals surface area contributed by atoms with Crippen LogP contribution in [0.2, 0.25) is 0 Å². The molecule has 6 aliphatic rings. The molecule has 2 unspecified atom stereocenters. The quantitative estimate of drug-likeness (QED) is 0.149. The van der Waals surface area contributed by atoms with E-state index in [4.69, 9.17) is 14.2 Å². The van der Waals surface area contributed by atoms with Crippen molar-refractivity contribution in [2.45, 2.75) is 119 Å². The summed E-state index contributed by atoms with van der Waals surface area (Å²) in [5, 5.41) is 66.7. The van der Waals surface area contributed by atoms with Gasteiger partial charge in [0.25, 0.3) is 0 Å². The van der Waals surface area contributed by atoms with Crippen molar-refractivity contribution in [3.05, 3.63) is 11.6 Å². The first kappa shape index (κ1) is 28.7. The second-order valence-electron chi connectivity index (χ2n) is 13.5. The van der Waals surface area contributed by atoms with Crippen LogP contribution in [0.5, 0.6) is 0 Å². The van der Waals surface area contributed by atoms with Gasteiger partial charge in [-0.2, -0.15) is 0 Å². The van der Waals surface area contributed by atoms with Gasteiger partial charge in [-0.25, -0.2) is 4.79 Å². The van der Waals surface area contributed by atoms with Crippen LogP contribution in [0, 0.1) is 28.6 Å². The summed E-state index contributed by atoms with van der Waals surface area (Å²) in [6.07, 6.45) is -2.70. The Morgan fingerprint density at radius 3 is 2.42 bits per heavy atom. The third-order valence-corrected chi connectivity index (χ3v) is 12.1. The molecule has 1 saturated heterocycles. The van der Waals surface area contributed by atoms with Crippen LogP contribution in [-0.2, 0) is 23.8 Å². The minimum absolute atomic E-state index is 0.0926. The Bertz CT molecular complexity index is 1080. The average molecular weight is 567 g/mol. The highest BCUT2D eigenvalue weighted by Gasteiger charge is 2.74. The van der Waals surface area contributed by atoms with Crippen LogP contribution in [0.4, 0.5) is 0 Å². The summed E-state index contributed by atoms with van der Waals surface area (Å²) in [6.45, 7) is 3.61. The van der Waals surface area contributed by atoms with Gasteiger partial charge in [0.1, 0.15) is 31.2 Å². The second kappa shape index (κ2) is 9.54. The molecule has 6 rings (SSSR count). The minimum atomic E-state index is -1.47. The van der Waals surface area contributed by atoms with Crippen molar-refractivity contribution in [1.29, 1.82) is 0 Å². The van der Waals surface area contributed by atoms with Crippen molar-refractivity contribution in [3.8, 4) is 0 Å². The maximum Gasteiger partial charge on any atom is 0.331 e. The minimum Gasteiger partial charge on any atom is -0.458 e. The molecule has 4 aliphatic carbocycles. The van der Waals surface area contributed by atoms with Crippen molar-refractivity contribution in [2.24, 2.45) is 28.6 Å². The summed E-state index contributed by atoms with van der Waals surface area (Å²) >= 11 is 0. The van der Waals surface area contributed by atoms with Gasteiger partial charge in [-0.05, 0) is 75.2 Å². The lowest BCUT2D eigenvalue weighted by Gasteiger charge is -2.66. The normalized spacial score (nSPS) is 56.0. The van der Waals surface area contributed by atoms with Crippen LogP contribution in [0.1, 0.15) is 65.2 Å². The topological polar surface area (TPSA) is 183 Å². The fraction of sp³-hybridized carbons (Fsp3) is 0.862. The van der Waals surface area contributed by atoms with Crippen LogP contribution in [-0.4, -0.2) is 104 Å². The molecule has 40 heavy (non-hydrogen) atoms. The van der Waals surface area contributed by atoms with Gasteiger partial charge < -0.3 is 49.6 Å². The summed E-state index contributed by atoms with van der Waals surface area (Å²) in [4.78, 5) is 24.8. The fourth-order valence-electron chi connectivity index (χ4n) is 9.74. The van der Waals surface area contributed by atoms with Crippen LogP contribution in [0.3, 0.4) is 0 Å². The number of hydrogen-bond donors (Lipinski definition) is 6. The summed E-state index contributed by atoms with van der Waals surface area (Å²) in [5.74, 6) is -1.42. The monoisotopic (exact) mass is 566 g/mol. The van der Waals surface area contributed by atoms with E-state index in [1.165, 1.54) is 6.08 Å². The standard InChI is InChI=1S/C29H42O11/c1-14-22(33)23(34)24(35)25(39-14)40-16-3-6-27(13-30)19-10-20(31)26(2)17(15-9-21(32)38-12-15)5-8-29(26,37)18(19)4-7-28(27,36)11-16/h9,13-14,16-20,22-25,31,33-37H,3-8,10-12H2,1-2H3/t14-,16-,17+,18?,19?,20+,22-,23+,24+,25+,26-,27-,28-,29-/m0/s1. The van der Waals surface area contributed by atoms with Gasteiger partial charge in [-0.1, -0.05) is 6.92 Å². The van der Waals surface area contributed by atoms with Crippen molar-refractivity contribution >= 4 is 12.3 Å². The molecule has 14 atom stereocenters. The number of aliphatic hydroxyl groups excluding tert-OH is 4. The Labute approximate surface area is 233 Å². The van der Waals surface area contributed by atoms with Gasteiger partial charge in [0.15, 0.2) is 6.29 Å². The zero-order chi connectivity index (χ0) is 28.8. The van der Waals surface area contributed by atoms with E-state index in [-0.39, 0.29) is 44.1 Å². The number of aliphatic hydroxyl groups is 6. The molecule has 4 saturated carbocycles. The second-order valence-corrected chi connectivity index (χ2v) is 13.5. The van der Waals surface area contributed by atoms with E-state index in [1.54, 1.807) is 6.92 Å². The first-order valence-electron chi connectivity index (χ1n) is 14.6. The summed E-state index contributed by atoms with van der Waals surface area (Å²) in [7, 11) is 0. The van der Waals surface area contributed by atoms with E-state index >= 15 is 0 Å². The molecule has 11 nitrogen and oxygen atoms in total. The predicted octanol–water partition coefficient (Wildman–Crippen LogP) is -0.279. The zero-order valence-corrected chi connectivity index (χ0v) is 23.0. The Kier molecular flexibility index (Phi) is 6.83. The van der Waals surface area contributed by atoms with E-state index in [1.807, 2.05) is 6.92 Å². The van der Waals surface area contributed by atoms with Gasteiger partial charge >= 0.3 is 5.97 Å². The number of cyclic esters (lactones) is 1. The molecule has 0 bridgehead atoms. The third-order valence-electron chi connectivity index (χ3n) is 12.1. The highest BCUT2D eigenvalue weighted by Crippen LogP contribution is 2.70. The Morgan fingerprint density at radius 2 is 1.75 bits per heavy atom. The largest absolute Gasteiger partial charge is 0.458 e. The van der Waals surface area contributed by atoms with Crippen molar-refractivity contribution in [3.63, 3.8) is 0 Å². The number of carbonyl (C=O) groups is 2. The molecular weight excluding hydrogens is 524 g/mol. The number of esters is 1. The Morgan fingerprint density at radius 1 is 1.00 bits per heavy atom. The number of rotatable bonds is 4. The number of fused-ring (bicyclic) bond motifs is 5. The highest BCUT2D eigenvalue weighted by atomic mass is 16.7. The van der Waals surface area contributed by atoms with E-state index in [9.17, 15) is 40.2 Å². The molecule has 0 spiro atoms. The van der Waals surface area contributed by atoms with E-state index in [0.29, 0.717) is 25.7 Å². The van der Waals surface area contributed by atoms with Gasteiger partial charge in [-0.15, -0.1) is 0 Å². The zero-order valence-electron chi connectivity index (χ0n) is 23.0. The molecule has 0 aromatic rings. The number of carbonyl (C=O) groups excluding carboxylic acids is 2. The maximum atomic E-state index is 13.0. The maximum absolute atomic E-state index is 13.0. The lowest BCUT2D eigenvalue weighted by atomic mass is 9.41. The van der Waals surface area contributed by atoms with Crippen LogP contribution >= 0.6 is 0 Å². The van der Waals surface area contributed by atoms with Gasteiger partial charge in [-0.3, -0.25) is 0 Å². The van der Waals surface area contributed by atoms with Crippen molar-refractivity contribution in [2.75, 3.05) is 6.61 Å². The molecular formula is C29H42O11. The summed E-state index contributed by atoms with van der Waals surface area (Å²) in [5.41, 5.74) is -4.09. The van der Waals surface area contributed by atoms with Gasteiger partial charge in [0.05, 0.1) is 34.9 Å². The third kappa shape index (κ3) is 3.71. The lowest BCUT2D eigenvalue weighted by molar-refractivity contribution is -0.319. The molecule has 6 N–H and O–H groups in total. The SMILES string of the molecule is C[C@@H]1O[C@H](O[C@H]2CC[C@]3(C=O)C4C[C@@H](O)[C@]5(C)[C@@H](C6=CC(=O)OC6)CC[C@]5(O)C4CC[C@]3(O)C2)[C@H](O)[C@H](O)[C@H]1O. The van der Waals surface area contributed by atoms with E-state index < -0.39 is 76.8 Å². The smallest absolute Gasteiger partial charge is 0.331 e. The molecule has 0 amide bonds. The average Bonchev–Trinajstić information content (AvgIpc) is 3.46. The molecule has 11 heteroatoms. The molecule has 2 heterocycles. The molecule has 224 valence electrons. The first-order chi connectivity index (χ1) is 18.8. The van der Waals surface area contributed by atoms with Crippen LogP contribution < -0.4 is 0 Å². The Balaban J connectivity index is 1.25. The van der Waals surface area contributed by atoms with Crippen molar-refractivity contribution in [1.82, 2.24) is 0 Å². The highest BCUT2D eigenvalue weighted by molar-refractivity contribution is 5.85. The molecule has 0 radical (unpaired) electrons.